The molecule has 0 aliphatic rings. The van der Waals surface area contributed by atoms with Gasteiger partial charge in [0.05, 0.1) is 0 Å². The second kappa shape index (κ2) is 8.74. The van der Waals surface area contributed by atoms with E-state index in [1.807, 2.05) is 50.4 Å². The van der Waals surface area contributed by atoms with Crippen LogP contribution in [0.3, 0.4) is 0 Å². The van der Waals surface area contributed by atoms with Gasteiger partial charge in [-0.2, -0.15) is 0 Å². The van der Waals surface area contributed by atoms with E-state index in [0.717, 1.165) is 63.3 Å². The molecule has 1 heterocycles. The van der Waals surface area contributed by atoms with Crippen LogP contribution in [0.4, 0.5) is 0 Å². The van der Waals surface area contributed by atoms with Crippen LogP contribution in [0, 0.1) is 0 Å². The van der Waals surface area contributed by atoms with Crippen LogP contribution in [0.2, 0.25) is 0 Å². The summed E-state index contributed by atoms with van der Waals surface area (Å²) in [6, 6.07) is 16.2. The van der Waals surface area contributed by atoms with Crippen molar-refractivity contribution >= 4 is 33.4 Å². The summed E-state index contributed by atoms with van der Waals surface area (Å²) in [5.41, 5.74) is 7.94. The average Bonchev–Trinajstić information content (AvgIpc) is 3.12. The molecule has 1 aromatic heterocycles. The minimum absolute atomic E-state index is 0.0843. The van der Waals surface area contributed by atoms with Gasteiger partial charge in [-0.25, -0.2) is 0 Å². The van der Waals surface area contributed by atoms with Gasteiger partial charge in [0.2, 0.25) is 0 Å². The Morgan fingerprint density at radius 1 is 0.719 bits per heavy atom. The van der Waals surface area contributed by atoms with Crippen molar-refractivity contribution in [2.45, 2.75) is 53.4 Å². The highest BCUT2D eigenvalue weighted by Gasteiger charge is 2.20. The molecule has 32 heavy (non-hydrogen) atoms. The zero-order chi connectivity index (χ0) is 23.0. The van der Waals surface area contributed by atoms with Gasteiger partial charge in [-0.1, -0.05) is 39.8 Å². The van der Waals surface area contributed by atoms with Crippen molar-refractivity contribution in [3.63, 3.8) is 0 Å². The Hall–Kier alpha value is -3.20. The molecule has 0 aliphatic carbocycles. The van der Waals surface area contributed by atoms with E-state index in [1.54, 1.807) is 0 Å². The number of Topliss-reactive ketones (excluding diaryl/α,β-unsaturated/α-hetero) is 1. The van der Waals surface area contributed by atoms with E-state index in [1.165, 1.54) is 5.56 Å². The van der Waals surface area contributed by atoms with Crippen molar-refractivity contribution in [3.05, 3.63) is 81.9 Å². The Morgan fingerprint density at radius 3 is 1.75 bits per heavy atom. The average molecular weight is 426 g/mol. The molecule has 4 aromatic rings. The van der Waals surface area contributed by atoms with Gasteiger partial charge < -0.3 is 4.57 Å². The maximum atomic E-state index is 13.8. The predicted octanol–water partition coefficient (Wildman–Crippen LogP) is 6.84. The van der Waals surface area contributed by atoms with E-state index in [4.69, 9.17) is 0 Å². The summed E-state index contributed by atoms with van der Waals surface area (Å²) in [4.78, 5) is 26.0. The second-order valence-corrected chi connectivity index (χ2v) is 8.48. The monoisotopic (exact) mass is 425 g/mol. The number of aromatic nitrogens is 1. The lowest BCUT2D eigenvalue weighted by Crippen LogP contribution is -2.10. The van der Waals surface area contributed by atoms with Gasteiger partial charge in [-0.15, -0.1) is 0 Å². The topological polar surface area (TPSA) is 39.1 Å². The maximum absolute atomic E-state index is 13.8. The predicted molar refractivity (Wildman–Crippen MR) is 133 cm³/mol. The third-order valence-corrected chi connectivity index (χ3v) is 6.67. The highest BCUT2D eigenvalue weighted by Crippen LogP contribution is 2.31. The number of rotatable bonds is 7. The van der Waals surface area contributed by atoms with Crippen LogP contribution in [0.5, 0.6) is 0 Å². The van der Waals surface area contributed by atoms with Gasteiger partial charge in [-0.3, -0.25) is 9.59 Å². The number of carbonyl (C=O) groups excluding carboxylic acids is 2. The zero-order valence-corrected chi connectivity index (χ0v) is 19.7. The van der Waals surface area contributed by atoms with Gasteiger partial charge >= 0.3 is 0 Å². The molecule has 0 atom stereocenters. The summed E-state index contributed by atoms with van der Waals surface area (Å²) in [7, 11) is 2.03. The number of nitrogens with zero attached hydrogens (tertiary/aromatic N) is 1. The van der Waals surface area contributed by atoms with Gasteiger partial charge in [-0.05, 0) is 72.4 Å². The molecule has 3 heteroatoms. The number of benzene rings is 3. The summed E-state index contributed by atoms with van der Waals surface area (Å²) < 4.78 is 2.13. The summed E-state index contributed by atoms with van der Waals surface area (Å²) in [6.07, 6.45) is 3.12. The van der Waals surface area contributed by atoms with Crippen molar-refractivity contribution in [2.24, 2.45) is 7.05 Å². The van der Waals surface area contributed by atoms with E-state index in [-0.39, 0.29) is 11.6 Å². The van der Waals surface area contributed by atoms with Gasteiger partial charge in [0, 0.05) is 52.0 Å². The number of carbonyl (C=O) groups is 2. The Kier molecular flexibility index (Phi) is 6.01. The fourth-order valence-electron chi connectivity index (χ4n) is 4.77. The zero-order valence-electron chi connectivity index (χ0n) is 19.7. The first-order valence-electron chi connectivity index (χ1n) is 11.7. The minimum Gasteiger partial charge on any atom is -0.344 e. The molecule has 0 N–H and O–H groups in total. The van der Waals surface area contributed by atoms with Crippen molar-refractivity contribution in [1.29, 1.82) is 0 Å². The lowest BCUT2D eigenvalue weighted by molar-refractivity contribution is 0.0987. The van der Waals surface area contributed by atoms with Crippen molar-refractivity contribution < 1.29 is 9.59 Å². The van der Waals surface area contributed by atoms with Crippen LogP contribution >= 0.6 is 0 Å². The number of hydrogen-bond donors (Lipinski definition) is 0. The summed E-state index contributed by atoms with van der Waals surface area (Å²) in [5.74, 6) is 0.216. The highest BCUT2D eigenvalue weighted by molar-refractivity contribution is 6.16. The molecule has 0 saturated heterocycles. The van der Waals surface area contributed by atoms with Crippen molar-refractivity contribution in [2.75, 3.05) is 0 Å². The summed E-state index contributed by atoms with van der Waals surface area (Å²) in [5, 5.41) is 2.03. The Bertz CT molecular complexity index is 1330. The number of fused-ring (bicyclic) bond motifs is 3. The van der Waals surface area contributed by atoms with Crippen LogP contribution in [-0.2, 0) is 26.3 Å². The summed E-state index contributed by atoms with van der Waals surface area (Å²) in [6.45, 7) is 8.27. The molecule has 0 saturated carbocycles. The highest BCUT2D eigenvalue weighted by atomic mass is 16.1. The second-order valence-electron chi connectivity index (χ2n) is 8.48. The van der Waals surface area contributed by atoms with Gasteiger partial charge in [0.1, 0.15) is 0 Å². The quantitative estimate of drug-likeness (QED) is 0.304. The molecule has 3 nitrogen and oxygen atoms in total. The number of aryl methyl sites for hydroxylation is 4. The van der Waals surface area contributed by atoms with Crippen LogP contribution in [0.1, 0.15) is 77.1 Å². The third kappa shape index (κ3) is 3.56. The maximum Gasteiger partial charge on any atom is 0.193 e. The first kappa shape index (κ1) is 22.0. The first-order valence-corrected chi connectivity index (χ1v) is 11.7. The van der Waals surface area contributed by atoms with E-state index in [9.17, 15) is 9.59 Å². The molecule has 164 valence electrons. The number of ketones is 2. The Morgan fingerprint density at radius 2 is 1.25 bits per heavy atom. The Balaban J connectivity index is 1.91. The molecule has 0 spiro atoms. The van der Waals surface area contributed by atoms with Crippen LogP contribution in [0.15, 0.2) is 48.5 Å². The molecule has 0 amide bonds. The van der Waals surface area contributed by atoms with E-state index >= 15 is 0 Å². The molecule has 0 aliphatic heterocycles. The lowest BCUT2D eigenvalue weighted by Gasteiger charge is -2.15. The van der Waals surface area contributed by atoms with E-state index in [0.29, 0.717) is 12.0 Å². The third-order valence-electron chi connectivity index (χ3n) is 6.67. The smallest absolute Gasteiger partial charge is 0.193 e. The minimum atomic E-state index is 0.0843. The Labute approximate surface area is 190 Å². The molecular weight excluding hydrogens is 394 g/mol. The van der Waals surface area contributed by atoms with Gasteiger partial charge in [0.15, 0.2) is 11.6 Å². The molecule has 0 bridgehead atoms. The van der Waals surface area contributed by atoms with E-state index < -0.39 is 0 Å². The molecule has 3 aromatic carbocycles. The van der Waals surface area contributed by atoms with E-state index in [2.05, 4.69) is 37.5 Å². The summed E-state index contributed by atoms with van der Waals surface area (Å²) >= 11 is 0. The largest absolute Gasteiger partial charge is 0.344 e. The standard InChI is InChI=1S/C29H31NO2/c1-6-18-14-19(7-2)28(20(8-3)15-18)29(32)22-11-13-26-24(17-22)23-16-21(27(31)9-4)10-12-25(23)30(26)5/h10-17H,6-9H2,1-5H3. The van der Waals surface area contributed by atoms with Crippen molar-refractivity contribution in [1.82, 2.24) is 4.57 Å². The number of hydrogen-bond acceptors (Lipinski definition) is 2. The van der Waals surface area contributed by atoms with Crippen LogP contribution in [-0.4, -0.2) is 16.1 Å². The SMILES string of the molecule is CCC(=O)c1ccc2c(c1)c1cc(C(=O)c3c(CC)cc(CC)cc3CC)ccc1n2C. The molecular formula is C29H31NO2. The fourth-order valence-corrected chi connectivity index (χ4v) is 4.77. The van der Waals surface area contributed by atoms with Crippen LogP contribution < -0.4 is 0 Å². The lowest BCUT2D eigenvalue weighted by atomic mass is 9.88. The van der Waals surface area contributed by atoms with Gasteiger partial charge in [0.25, 0.3) is 0 Å². The first-order chi connectivity index (χ1) is 15.4. The molecule has 0 radical (unpaired) electrons. The molecule has 0 unspecified atom stereocenters. The fraction of sp³-hybridized carbons (Fsp3) is 0.310. The van der Waals surface area contributed by atoms with Crippen molar-refractivity contribution in [3.8, 4) is 0 Å². The molecule has 0 fully saturated rings. The van der Waals surface area contributed by atoms with Crippen LogP contribution in [0.25, 0.3) is 21.8 Å². The normalized spacial score (nSPS) is 11.4. The molecule has 4 rings (SSSR count).